The highest BCUT2D eigenvalue weighted by Gasteiger charge is 2.21. The fourth-order valence-corrected chi connectivity index (χ4v) is 2.62. The molecule has 3 heteroatoms. The SMILES string of the molecule is Cc1cccc2cc(O)c(C3CCOCC3)nc12. The second-order valence-electron chi connectivity index (χ2n) is 4.93. The highest BCUT2D eigenvalue weighted by molar-refractivity contribution is 5.83. The first-order chi connectivity index (χ1) is 8.75. The summed E-state index contributed by atoms with van der Waals surface area (Å²) in [5.74, 6) is 0.641. The summed E-state index contributed by atoms with van der Waals surface area (Å²) in [5, 5.41) is 11.2. The van der Waals surface area contributed by atoms with Crippen LogP contribution in [0.25, 0.3) is 10.9 Å². The number of benzene rings is 1. The number of ether oxygens (including phenoxy) is 1. The number of aromatic nitrogens is 1. The Bertz CT molecular complexity index is 574. The zero-order valence-corrected chi connectivity index (χ0v) is 10.5. The van der Waals surface area contributed by atoms with Gasteiger partial charge >= 0.3 is 0 Å². The van der Waals surface area contributed by atoms with Crippen molar-refractivity contribution in [2.45, 2.75) is 25.7 Å². The molecule has 3 rings (SSSR count). The Hall–Kier alpha value is -1.61. The van der Waals surface area contributed by atoms with Crippen molar-refractivity contribution in [3.8, 4) is 5.75 Å². The van der Waals surface area contributed by atoms with Gasteiger partial charge in [0.1, 0.15) is 5.75 Å². The van der Waals surface area contributed by atoms with Crippen LogP contribution in [0.1, 0.15) is 30.0 Å². The van der Waals surface area contributed by atoms with Crippen molar-refractivity contribution < 1.29 is 9.84 Å². The topological polar surface area (TPSA) is 42.4 Å². The predicted octanol–water partition coefficient (Wildman–Crippen LogP) is 3.14. The Kier molecular flexibility index (Phi) is 2.92. The maximum absolute atomic E-state index is 10.1. The zero-order valence-electron chi connectivity index (χ0n) is 10.5. The molecule has 0 saturated carbocycles. The fourth-order valence-electron chi connectivity index (χ4n) is 2.62. The Labute approximate surface area is 106 Å². The molecule has 1 saturated heterocycles. The Balaban J connectivity index is 2.11. The number of rotatable bonds is 1. The van der Waals surface area contributed by atoms with Crippen LogP contribution in [0.2, 0.25) is 0 Å². The summed E-state index contributed by atoms with van der Waals surface area (Å²) in [6, 6.07) is 7.87. The minimum Gasteiger partial charge on any atom is -0.506 e. The van der Waals surface area contributed by atoms with Crippen molar-refractivity contribution in [2.24, 2.45) is 0 Å². The third-order valence-electron chi connectivity index (χ3n) is 3.66. The van der Waals surface area contributed by atoms with Gasteiger partial charge in [-0.3, -0.25) is 0 Å². The maximum Gasteiger partial charge on any atom is 0.138 e. The van der Waals surface area contributed by atoms with E-state index in [1.807, 2.05) is 18.2 Å². The van der Waals surface area contributed by atoms with Gasteiger partial charge in [0, 0.05) is 24.5 Å². The number of para-hydroxylation sites is 1. The summed E-state index contributed by atoms with van der Waals surface area (Å²) >= 11 is 0. The molecular formula is C15H17NO2. The highest BCUT2D eigenvalue weighted by atomic mass is 16.5. The predicted molar refractivity (Wildman–Crippen MR) is 70.9 cm³/mol. The summed E-state index contributed by atoms with van der Waals surface area (Å²) in [7, 11) is 0. The molecule has 18 heavy (non-hydrogen) atoms. The molecule has 1 aliphatic heterocycles. The van der Waals surface area contributed by atoms with E-state index < -0.39 is 0 Å². The molecule has 2 heterocycles. The van der Waals surface area contributed by atoms with E-state index in [1.165, 1.54) is 0 Å². The van der Waals surface area contributed by atoms with Gasteiger partial charge < -0.3 is 9.84 Å². The minimum atomic E-state index is 0.319. The van der Waals surface area contributed by atoms with Crippen LogP contribution in [0, 0.1) is 6.92 Å². The van der Waals surface area contributed by atoms with Crippen molar-refractivity contribution >= 4 is 10.9 Å². The summed E-state index contributed by atoms with van der Waals surface area (Å²) in [4.78, 5) is 4.69. The molecule has 0 bridgehead atoms. The largest absolute Gasteiger partial charge is 0.506 e. The minimum absolute atomic E-state index is 0.319. The molecule has 0 spiro atoms. The van der Waals surface area contributed by atoms with Crippen molar-refractivity contribution in [1.29, 1.82) is 0 Å². The first-order valence-corrected chi connectivity index (χ1v) is 6.42. The van der Waals surface area contributed by atoms with Crippen molar-refractivity contribution in [2.75, 3.05) is 13.2 Å². The molecule has 0 radical (unpaired) electrons. The van der Waals surface area contributed by atoms with Gasteiger partial charge in [-0.05, 0) is 31.4 Å². The van der Waals surface area contributed by atoms with Gasteiger partial charge in [0.2, 0.25) is 0 Å². The molecule has 0 aliphatic carbocycles. The number of pyridine rings is 1. The van der Waals surface area contributed by atoms with E-state index in [0.717, 1.165) is 48.2 Å². The van der Waals surface area contributed by atoms with Gasteiger partial charge in [0.05, 0.1) is 11.2 Å². The van der Waals surface area contributed by atoms with Crippen molar-refractivity contribution in [3.05, 3.63) is 35.5 Å². The molecular weight excluding hydrogens is 226 g/mol. The highest BCUT2D eigenvalue weighted by Crippen LogP contribution is 2.34. The third kappa shape index (κ3) is 1.95. The number of hydrogen-bond acceptors (Lipinski definition) is 3. The van der Waals surface area contributed by atoms with Gasteiger partial charge in [-0.15, -0.1) is 0 Å². The lowest BCUT2D eigenvalue weighted by Gasteiger charge is -2.22. The molecule has 1 aliphatic rings. The van der Waals surface area contributed by atoms with E-state index in [4.69, 9.17) is 9.72 Å². The van der Waals surface area contributed by atoms with E-state index in [0.29, 0.717) is 11.7 Å². The van der Waals surface area contributed by atoms with Crippen LogP contribution in [0.3, 0.4) is 0 Å². The Morgan fingerprint density at radius 1 is 1.28 bits per heavy atom. The first kappa shape index (κ1) is 11.5. The van der Waals surface area contributed by atoms with Crippen LogP contribution >= 0.6 is 0 Å². The van der Waals surface area contributed by atoms with Crippen LogP contribution in [0.5, 0.6) is 5.75 Å². The molecule has 1 aromatic heterocycles. The average Bonchev–Trinajstić information content (AvgIpc) is 2.39. The molecule has 2 aromatic rings. The number of aromatic hydroxyl groups is 1. The number of aryl methyl sites for hydroxylation is 1. The van der Waals surface area contributed by atoms with Crippen LogP contribution in [0.4, 0.5) is 0 Å². The Morgan fingerprint density at radius 2 is 2.06 bits per heavy atom. The zero-order chi connectivity index (χ0) is 12.5. The molecule has 0 unspecified atom stereocenters. The average molecular weight is 243 g/mol. The normalized spacial score (nSPS) is 17.2. The van der Waals surface area contributed by atoms with Crippen molar-refractivity contribution in [3.63, 3.8) is 0 Å². The van der Waals surface area contributed by atoms with Gasteiger partial charge in [0.25, 0.3) is 0 Å². The standard InChI is InChI=1S/C15H17NO2/c1-10-3-2-4-12-9-13(17)15(16-14(10)12)11-5-7-18-8-6-11/h2-4,9,11,17H,5-8H2,1H3. The molecule has 0 amide bonds. The lowest BCUT2D eigenvalue weighted by atomic mass is 9.94. The molecule has 1 N–H and O–H groups in total. The number of hydrogen-bond donors (Lipinski definition) is 1. The summed E-state index contributed by atoms with van der Waals surface area (Å²) in [6.07, 6.45) is 1.88. The molecule has 1 aromatic carbocycles. The third-order valence-corrected chi connectivity index (χ3v) is 3.66. The van der Waals surface area contributed by atoms with Crippen LogP contribution < -0.4 is 0 Å². The van der Waals surface area contributed by atoms with Gasteiger partial charge in [-0.1, -0.05) is 18.2 Å². The van der Waals surface area contributed by atoms with Crippen LogP contribution in [0.15, 0.2) is 24.3 Å². The first-order valence-electron chi connectivity index (χ1n) is 6.42. The van der Waals surface area contributed by atoms with Crippen LogP contribution in [-0.2, 0) is 4.74 Å². The van der Waals surface area contributed by atoms with E-state index in [2.05, 4.69) is 13.0 Å². The van der Waals surface area contributed by atoms with Gasteiger partial charge in [-0.2, -0.15) is 0 Å². The van der Waals surface area contributed by atoms with Gasteiger partial charge in [-0.25, -0.2) is 4.98 Å². The van der Waals surface area contributed by atoms with Crippen molar-refractivity contribution in [1.82, 2.24) is 4.98 Å². The number of fused-ring (bicyclic) bond motifs is 1. The lowest BCUT2D eigenvalue weighted by molar-refractivity contribution is 0.0840. The molecule has 1 fully saturated rings. The summed E-state index contributed by atoms with van der Waals surface area (Å²) in [5.41, 5.74) is 2.98. The quantitative estimate of drug-likeness (QED) is 0.836. The smallest absolute Gasteiger partial charge is 0.138 e. The van der Waals surface area contributed by atoms with E-state index in [9.17, 15) is 5.11 Å². The molecule has 0 atom stereocenters. The number of nitrogens with zero attached hydrogens (tertiary/aromatic N) is 1. The monoisotopic (exact) mass is 243 g/mol. The maximum atomic E-state index is 10.1. The second-order valence-corrected chi connectivity index (χ2v) is 4.93. The molecule has 3 nitrogen and oxygen atoms in total. The fraction of sp³-hybridized carbons (Fsp3) is 0.400. The summed E-state index contributed by atoms with van der Waals surface area (Å²) in [6.45, 7) is 3.58. The van der Waals surface area contributed by atoms with Crippen LogP contribution in [-0.4, -0.2) is 23.3 Å². The second kappa shape index (κ2) is 4.58. The lowest BCUT2D eigenvalue weighted by Crippen LogP contribution is -2.15. The van der Waals surface area contributed by atoms with E-state index >= 15 is 0 Å². The Morgan fingerprint density at radius 3 is 2.83 bits per heavy atom. The van der Waals surface area contributed by atoms with E-state index in [1.54, 1.807) is 0 Å². The van der Waals surface area contributed by atoms with E-state index in [-0.39, 0.29) is 0 Å². The molecule has 94 valence electrons. The van der Waals surface area contributed by atoms with Gasteiger partial charge in [0.15, 0.2) is 0 Å². The summed E-state index contributed by atoms with van der Waals surface area (Å²) < 4.78 is 5.36.